The highest BCUT2D eigenvalue weighted by Gasteiger charge is 2.32. The van der Waals surface area contributed by atoms with Crippen LogP contribution in [-0.2, 0) is 0 Å². The smallest absolute Gasteiger partial charge is 0.231 e. The third-order valence-corrected chi connectivity index (χ3v) is 3.89. The molecule has 2 atom stereocenters. The molecule has 0 radical (unpaired) electrons. The summed E-state index contributed by atoms with van der Waals surface area (Å²) < 4.78 is 5.37. The van der Waals surface area contributed by atoms with Crippen LogP contribution in [0.1, 0.15) is 31.1 Å². The van der Waals surface area contributed by atoms with E-state index >= 15 is 0 Å². The molecule has 0 bridgehead atoms. The number of thiazole rings is 1. The first kappa shape index (κ1) is 10.9. The zero-order valence-corrected chi connectivity index (χ0v) is 10.4. The van der Waals surface area contributed by atoms with Gasteiger partial charge < -0.3 is 9.84 Å². The standard InChI is InChI=1S/C11H14N4OS/c1-12-8-4-2-3-7(8)11-14-10(15-16-11)9-5-17-6-13-9/h5-8,12H,2-4H2,1H3. The summed E-state index contributed by atoms with van der Waals surface area (Å²) in [5.41, 5.74) is 2.57. The molecule has 0 aromatic carbocycles. The lowest BCUT2D eigenvalue weighted by Gasteiger charge is -2.14. The number of hydrogen-bond donors (Lipinski definition) is 1. The number of nitrogens with one attached hydrogen (secondary N) is 1. The summed E-state index contributed by atoms with van der Waals surface area (Å²) >= 11 is 1.54. The number of rotatable bonds is 3. The average molecular weight is 250 g/mol. The molecule has 17 heavy (non-hydrogen) atoms. The highest BCUT2D eigenvalue weighted by Crippen LogP contribution is 2.34. The zero-order chi connectivity index (χ0) is 11.7. The summed E-state index contributed by atoms with van der Waals surface area (Å²) in [6.45, 7) is 0. The highest BCUT2D eigenvalue weighted by atomic mass is 32.1. The van der Waals surface area contributed by atoms with E-state index in [9.17, 15) is 0 Å². The molecule has 2 aromatic heterocycles. The summed E-state index contributed by atoms with van der Waals surface area (Å²) in [4.78, 5) is 8.64. The summed E-state index contributed by atoms with van der Waals surface area (Å²) in [6, 6.07) is 0.457. The Morgan fingerprint density at radius 2 is 2.41 bits per heavy atom. The van der Waals surface area contributed by atoms with Crippen LogP contribution in [0.15, 0.2) is 15.4 Å². The van der Waals surface area contributed by atoms with Crippen LogP contribution >= 0.6 is 11.3 Å². The quantitative estimate of drug-likeness (QED) is 0.903. The van der Waals surface area contributed by atoms with Crippen molar-refractivity contribution in [1.82, 2.24) is 20.4 Å². The summed E-state index contributed by atoms with van der Waals surface area (Å²) in [6.07, 6.45) is 3.50. The van der Waals surface area contributed by atoms with Gasteiger partial charge in [0, 0.05) is 11.4 Å². The summed E-state index contributed by atoms with van der Waals surface area (Å²) in [5, 5.41) is 9.25. The van der Waals surface area contributed by atoms with Crippen LogP contribution in [0.25, 0.3) is 11.5 Å². The minimum Gasteiger partial charge on any atom is -0.339 e. The second-order valence-corrected chi connectivity index (χ2v) is 4.98. The van der Waals surface area contributed by atoms with E-state index in [1.165, 1.54) is 24.2 Å². The van der Waals surface area contributed by atoms with Crippen LogP contribution in [0.5, 0.6) is 0 Å². The van der Waals surface area contributed by atoms with Crippen molar-refractivity contribution in [2.75, 3.05) is 7.05 Å². The van der Waals surface area contributed by atoms with E-state index in [1.807, 2.05) is 12.4 Å². The Morgan fingerprint density at radius 1 is 1.47 bits per heavy atom. The maximum atomic E-state index is 5.37. The fourth-order valence-electron chi connectivity index (χ4n) is 2.41. The van der Waals surface area contributed by atoms with E-state index in [2.05, 4.69) is 20.4 Å². The second-order valence-electron chi connectivity index (χ2n) is 4.26. The first-order chi connectivity index (χ1) is 8.38. The second kappa shape index (κ2) is 4.54. The zero-order valence-electron chi connectivity index (χ0n) is 9.59. The molecule has 5 nitrogen and oxygen atoms in total. The molecule has 3 rings (SSSR count). The molecule has 1 N–H and O–H groups in total. The molecule has 1 fully saturated rings. The predicted octanol–water partition coefficient (Wildman–Crippen LogP) is 2.05. The lowest BCUT2D eigenvalue weighted by atomic mass is 10.0. The van der Waals surface area contributed by atoms with Gasteiger partial charge in [0.25, 0.3) is 0 Å². The molecule has 0 aliphatic heterocycles. The molecule has 1 saturated carbocycles. The van der Waals surface area contributed by atoms with Crippen LogP contribution in [0, 0.1) is 0 Å². The predicted molar refractivity (Wildman–Crippen MR) is 64.8 cm³/mol. The van der Waals surface area contributed by atoms with Crippen molar-refractivity contribution >= 4 is 11.3 Å². The van der Waals surface area contributed by atoms with Gasteiger partial charge >= 0.3 is 0 Å². The van der Waals surface area contributed by atoms with Gasteiger partial charge in [0.05, 0.1) is 11.4 Å². The molecule has 2 unspecified atom stereocenters. The Bertz CT molecular complexity index is 481. The average Bonchev–Trinajstić information content (AvgIpc) is 3.09. The normalized spacial score (nSPS) is 24.3. The van der Waals surface area contributed by atoms with Gasteiger partial charge in [0.15, 0.2) is 0 Å². The Balaban J connectivity index is 1.85. The van der Waals surface area contributed by atoms with Crippen molar-refractivity contribution in [1.29, 1.82) is 0 Å². The lowest BCUT2D eigenvalue weighted by molar-refractivity contribution is 0.335. The Labute approximate surface area is 103 Å². The van der Waals surface area contributed by atoms with Gasteiger partial charge in [-0.3, -0.25) is 0 Å². The maximum Gasteiger partial charge on any atom is 0.231 e. The van der Waals surface area contributed by atoms with Crippen molar-refractivity contribution < 1.29 is 4.52 Å². The van der Waals surface area contributed by atoms with Gasteiger partial charge in [-0.25, -0.2) is 4.98 Å². The van der Waals surface area contributed by atoms with E-state index in [1.54, 1.807) is 5.51 Å². The third kappa shape index (κ3) is 1.98. The molecule has 0 saturated heterocycles. The molecule has 6 heteroatoms. The molecule has 1 aliphatic carbocycles. The van der Waals surface area contributed by atoms with E-state index in [-0.39, 0.29) is 0 Å². The summed E-state index contributed by atoms with van der Waals surface area (Å²) in [5.74, 6) is 1.69. The van der Waals surface area contributed by atoms with Gasteiger partial charge in [-0.2, -0.15) is 4.98 Å². The van der Waals surface area contributed by atoms with Crippen LogP contribution in [-0.4, -0.2) is 28.2 Å². The van der Waals surface area contributed by atoms with E-state index in [0.29, 0.717) is 17.8 Å². The third-order valence-electron chi connectivity index (χ3n) is 3.31. The number of hydrogen-bond acceptors (Lipinski definition) is 6. The van der Waals surface area contributed by atoms with Crippen molar-refractivity contribution in [3.05, 3.63) is 16.8 Å². The van der Waals surface area contributed by atoms with E-state index in [4.69, 9.17) is 4.52 Å². The lowest BCUT2D eigenvalue weighted by Crippen LogP contribution is -2.27. The van der Waals surface area contributed by atoms with Gasteiger partial charge in [0.1, 0.15) is 5.69 Å². The van der Waals surface area contributed by atoms with Crippen molar-refractivity contribution in [3.63, 3.8) is 0 Å². The number of aromatic nitrogens is 3. The Kier molecular flexibility index (Phi) is 2.90. The fourth-order valence-corrected chi connectivity index (χ4v) is 2.94. The summed E-state index contributed by atoms with van der Waals surface area (Å²) in [7, 11) is 1.99. The maximum absolute atomic E-state index is 5.37. The molecule has 1 aliphatic rings. The van der Waals surface area contributed by atoms with Crippen LogP contribution in [0.4, 0.5) is 0 Å². The van der Waals surface area contributed by atoms with Crippen LogP contribution in [0.2, 0.25) is 0 Å². The minimum atomic E-state index is 0.347. The SMILES string of the molecule is CNC1CCCC1c1nc(-c2cscn2)no1. The molecular weight excluding hydrogens is 236 g/mol. The highest BCUT2D eigenvalue weighted by molar-refractivity contribution is 7.07. The topological polar surface area (TPSA) is 63.8 Å². The van der Waals surface area contributed by atoms with Crippen LogP contribution in [0.3, 0.4) is 0 Å². The van der Waals surface area contributed by atoms with E-state index < -0.39 is 0 Å². The molecule has 90 valence electrons. The van der Waals surface area contributed by atoms with Crippen molar-refractivity contribution in [2.45, 2.75) is 31.2 Å². The molecule has 2 heterocycles. The molecule has 2 aromatic rings. The van der Waals surface area contributed by atoms with Crippen molar-refractivity contribution in [2.24, 2.45) is 0 Å². The monoisotopic (exact) mass is 250 g/mol. The minimum absolute atomic E-state index is 0.347. The molecular formula is C11H14N4OS. The Morgan fingerprint density at radius 3 is 3.18 bits per heavy atom. The molecule has 0 spiro atoms. The first-order valence-electron chi connectivity index (χ1n) is 5.78. The van der Waals surface area contributed by atoms with Crippen molar-refractivity contribution in [3.8, 4) is 11.5 Å². The van der Waals surface area contributed by atoms with Gasteiger partial charge in [-0.1, -0.05) is 11.6 Å². The van der Waals surface area contributed by atoms with Crippen LogP contribution < -0.4 is 5.32 Å². The van der Waals surface area contributed by atoms with Gasteiger partial charge in [0.2, 0.25) is 11.7 Å². The first-order valence-corrected chi connectivity index (χ1v) is 6.72. The number of likely N-dealkylation sites (N-methyl/N-ethyl adjacent to an activating group) is 1. The Hall–Kier alpha value is -1.27. The largest absolute Gasteiger partial charge is 0.339 e. The van der Waals surface area contributed by atoms with Gasteiger partial charge in [-0.05, 0) is 19.9 Å². The molecule has 0 amide bonds. The fraction of sp³-hybridized carbons (Fsp3) is 0.545. The number of nitrogens with zero attached hydrogens (tertiary/aromatic N) is 3. The van der Waals surface area contributed by atoms with Gasteiger partial charge in [-0.15, -0.1) is 11.3 Å². The van der Waals surface area contributed by atoms with E-state index in [0.717, 1.165) is 18.0 Å².